The maximum Gasteiger partial charge on any atom is 0.293 e. The highest BCUT2D eigenvalue weighted by Crippen LogP contribution is 2.27. The summed E-state index contributed by atoms with van der Waals surface area (Å²) in [6.45, 7) is 3.82. The Balaban J connectivity index is 1.77. The number of nitro benzene ring substituents is 1. The second kappa shape index (κ2) is 7.01. The van der Waals surface area contributed by atoms with Gasteiger partial charge >= 0.3 is 0 Å². The van der Waals surface area contributed by atoms with E-state index in [4.69, 9.17) is 0 Å². The van der Waals surface area contributed by atoms with Crippen molar-refractivity contribution < 1.29 is 14.3 Å². The smallest absolute Gasteiger partial charge is 0.293 e. The van der Waals surface area contributed by atoms with Crippen LogP contribution in [0.3, 0.4) is 0 Å². The van der Waals surface area contributed by atoms with E-state index in [1.807, 2.05) is 30.8 Å². The van der Waals surface area contributed by atoms with E-state index in [2.05, 4.69) is 11.4 Å². The molecule has 0 aliphatic heterocycles. The van der Waals surface area contributed by atoms with E-state index in [0.717, 1.165) is 24.0 Å². The SMILES string of the molecule is Cc1cc(NC(=O)C[n+]2ccc3c(c2)CCCC3)c([N+](=O)[O-])cc1C. The van der Waals surface area contributed by atoms with Gasteiger partial charge in [0.25, 0.3) is 11.6 Å². The van der Waals surface area contributed by atoms with E-state index in [1.54, 1.807) is 6.07 Å². The number of nitro groups is 1. The van der Waals surface area contributed by atoms with E-state index >= 15 is 0 Å². The van der Waals surface area contributed by atoms with E-state index in [1.165, 1.54) is 30.0 Å². The molecule has 1 heterocycles. The molecule has 6 nitrogen and oxygen atoms in total. The third-order valence-corrected chi connectivity index (χ3v) is 4.75. The fourth-order valence-corrected chi connectivity index (χ4v) is 3.22. The Kier molecular flexibility index (Phi) is 4.79. The van der Waals surface area contributed by atoms with Crippen LogP contribution < -0.4 is 9.88 Å². The van der Waals surface area contributed by atoms with E-state index in [-0.39, 0.29) is 23.8 Å². The fraction of sp³-hybridized carbons (Fsp3) is 0.368. The predicted octanol–water partition coefficient (Wildman–Crippen LogP) is 3.02. The summed E-state index contributed by atoms with van der Waals surface area (Å²) in [5.74, 6) is -0.271. The Hall–Kier alpha value is -2.76. The Labute approximate surface area is 146 Å². The van der Waals surface area contributed by atoms with Gasteiger partial charge in [0.2, 0.25) is 6.54 Å². The first-order chi connectivity index (χ1) is 11.9. The molecular weight excluding hydrogens is 318 g/mol. The molecular formula is C19H22N3O3+. The molecule has 25 heavy (non-hydrogen) atoms. The summed E-state index contributed by atoms with van der Waals surface area (Å²) in [6.07, 6.45) is 8.45. The summed E-state index contributed by atoms with van der Waals surface area (Å²) in [5.41, 5.74) is 4.55. The molecule has 0 radical (unpaired) electrons. The molecule has 0 spiro atoms. The summed E-state index contributed by atoms with van der Waals surface area (Å²) in [6, 6.07) is 5.22. The van der Waals surface area contributed by atoms with Crippen molar-refractivity contribution in [2.75, 3.05) is 5.32 Å². The highest BCUT2D eigenvalue weighted by atomic mass is 16.6. The van der Waals surface area contributed by atoms with Crippen molar-refractivity contribution in [2.24, 2.45) is 0 Å². The molecule has 0 atom stereocenters. The lowest BCUT2D eigenvalue weighted by Gasteiger charge is -2.13. The molecule has 0 saturated carbocycles. The molecule has 1 amide bonds. The summed E-state index contributed by atoms with van der Waals surface area (Å²) in [5, 5.41) is 13.9. The van der Waals surface area contributed by atoms with Crippen LogP contribution in [0.15, 0.2) is 30.6 Å². The number of nitrogens with zero attached hydrogens (tertiary/aromatic N) is 2. The number of carbonyl (C=O) groups is 1. The van der Waals surface area contributed by atoms with Gasteiger partial charge in [0.15, 0.2) is 12.4 Å². The first-order valence-electron chi connectivity index (χ1n) is 8.50. The van der Waals surface area contributed by atoms with E-state index < -0.39 is 4.92 Å². The lowest BCUT2D eigenvalue weighted by molar-refractivity contribution is -0.684. The normalized spacial score (nSPS) is 13.2. The number of pyridine rings is 1. The second-order valence-electron chi connectivity index (χ2n) is 6.63. The first kappa shape index (κ1) is 17.1. The van der Waals surface area contributed by atoms with E-state index in [0.29, 0.717) is 0 Å². The van der Waals surface area contributed by atoms with Crippen LogP contribution in [0.1, 0.15) is 35.1 Å². The van der Waals surface area contributed by atoms with Crippen LogP contribution in [0.2, 0.25) is 0 Å². The summed E-state index contributed by atoms with van der Waals surface area (Å²) in [4.78, 5) is 23.1. The van der Waals surface area contributed by atoms with Crippen LogP contribution in [-0.2, 0) is 24.2 Å². The van der Waals surface area contributed by atoms with Crippen LogP contribution in [0.4, 0.5) is 11.4 Å². The maximum atomic E-state index is 12.4. The highest BCUT2D eigenvalue weighted by Gasteiger charge is 2.20. The van der Waals surface area contributed by atoms with Crippen molar-refractivity contribution in [3.05, 3.63) is 63.0 Å². The number of carbonyl (C=O) groups excluding carboxylic acids is 1. The number of anilines is 1. The fourth-order valence-electron chi connectivity index (χ4n) is 3.22. The Bertz CT molecular complexity index is 846. The lowest BCUT2D eigenvalue weighted by Crippen LogP contribution is -2.40. The van der Waals surface area contributed by atoms with E-state index in [9.17, 15) is 14.9 Å². The number of fused-ring (bicyclic) bond motifs is 1. The zero-order valence-electron chi connectivity index (χ0n) is 14.5. The molecule has 0 bridgehead atoms. The summed E-state index contributed by atoms with van der Waals surface area (Å²) < 4.78 is 1.84. The Morgan fingerprint density at radius 2 is 1.88 bits per heavy atom. The number of aryl methyl sites for hydroxylation is 4. The van der Waals surface area contributed by atoms with Gasteiger partial charge in [0.1, 0.15) is 5.69 Å². The number of rotatable bonds is 4. The van der Waals surface area contributed by atoms with Gasteiger partial charge in [-0.05, 0) is 62.3 Å². The minimum Gasteiger partial charge on any atom is -0.315 e. The zero-order valence-corrected chi connectivity index (χ0v) is 14.5. The van der Waals surface area contributed by atoms with Gasteiger partial charge in [0, 0.05) is 17.7 Å². The summed E-state index contributed by atoms with van der Waals surface area (Å²) >= 11 is 0. The van der Waals surface area contributed by atoms with Crippen molar-refractivity contribution in [3.8, 4) is 0 Å². The largest absolute Gasteiger partial charge is 0.315 e. The van der Waals surface area contributed by atoms with Crippen molar-refractivity contribution in [1.29, 1.82) is 0 Å². The molecule has 1 aromatic carbocycles. The molecule has 1 N–H and O–H groups in total. The Morgan fingerprint density at radius 3 is 2.60 bits per heavy atom. The average Bonchev–Trinajstić information content (AvgIpc) is 2.57. The van der Waals surface area contributed by atoms with Gasteiger partial charge < -0.3 is 5.32 Å². The second-order valence-corrected chi connectivity index (χ2v) is 6.63. The van der Waals surface area contributed by atoms with Gasteiger partial charge in [-0.1, -0.05) is 0 Å². The predicted molar refractivity (Wildman–Crippen MR) is 94.5 cm³/mol. The van der Waals surface area contributed by atoms with Gasteiger partial charge in [-0.25, -0.2) is 0 Å². The number of amides is 1. The van der Waals surface area contributed by atoms with Crippen LogP contribution in [-0.4, -0.2) is 10.8 Å². The molecule has 0 unspecified atom stereocenters. The topological polar surface area (TPSA) is 76.1 Å². The lowest BCUT2D eigenvalue weighted by atomic mass is 9.93. The molecule has 0 fully saturated rings. The third kappa shape index (κ3) is 3.84. The number of nitrogens with one attached hydrogen (secondary N) is 1. The van der Waals surface area contributed by atoms with Crippen molar-refractivity contribution in [1.82, 2.24) is 0 Å². The number of aromatic nitrogens is 1. The number of hydrogen-bond acceptors (Lipinski definition) is 3. The van der Waals surface area contributed by atoms with Gasteiger partial charge in [-0.15, -0.1) is 0 Å². The average molecular weight is 340 g/mol. The van der Waals surface area contributed by atoms with Gasteiger partial charge in [-0.2, -0.15) is 4.57 Å². The quantitative estimate of drug-likeness (QED) is 0.528. The van der Waals surface area contributed by atoms with Gasteiger partial charge in [-0.3, -0.25) is 14.9 Å². The molecule has 6 heteroatoms. The van der Waals surface area contributed by atoms with Crippen molar-refractivity contribution in [2.45, 2.75) is 46.1 Å². The number of benzene rings is 1. The van der Waals surface area contributed by atoms with Crippen molar-refractivity contribution >= 4 is 17.3 Å². The molecule has 1 aliphatic carbocycles. The van der Waals surface area contributed by atoms with Crippen LogP contribution in [0.5, 0.6) is 0 Å². The van der Waals surface area contributed by atoms with Crippen molar-refractivity contribution in [3.63, 3.8) is 0 Å². The van der Waals surface area contributed by atoms with Crippen LogP contribution >= 0.6 is 0 Å². The van der Waals surface area contributed by atoms with Crippen LogP contribution in [0, 0.1) is 24.0 Å². The minimum absolute atomic E-state index is 0.0770. The maximum absolute atomic E-state index is 12.4. The van der Waals surface area contributed by atoms with Gasteiger partial charge in [0.05, 0.1) is 4.92 Å². The Morgan fingerprint density at radius 1 is 1.20 bits per heavy atom. The molecule has 1 aromatic heterocycles. The van der Waals surface area contributed by atoms with Crippen LogP contribution in [0.25, 0.3) is 0 Å². The first-order valence-corrected chi connectivity index (χ1v) is 8.50. The minimum atomic E-state index is -0.464. The molecule has 130 valence electrons. The molecule has 2 aromatic rings. The molecule has 0 saturated heterocycles. The third-order valence-electron chi connectivity index (χ3n) is 4.75. The number of hydrogen-bond donors (Lipinski definition) is 1. The zero-order chi connectivity index (χ0) is 18.0. The summed E-state index contributed by atoms with van der Waals surface area (Å²) in [7, 11) is 0. The molecule has 1 aliphatic rings. The highest BCUT2D eigenvalue weighted by molar-refractivity contribution is 5.92. The monoisotopic (exact) mass is 340 g/mol. The standard InChI is InChI=1S/C19H21N3O3/c1-13-9-17(18(22(24)25)10-14(13)2)20-19(23)12-21-8-7-15-5-3-4-6-16(15)11-21/h7-11H,3-6,12H2,1-2H3/p+1. The molecule has 3 rings (SSSR count).